The first-order chi connectivity index (χ1) is 4.50. The van der Waals surface area contributed by atoms with E-state index in [1.54, 1.807) is 0 Å². The Labute approximate surface area is 56.3 Å². The lowest BCUT2D eigenvalue weighted by Crippen LogP contribution is -2.41. The van der Waals surface area contributed by atoms with E-state index < -0.39 is 18.1 Å². The van der Waals surface area contributed by atoms with Crippen LogP contribution < -0.4 is 5.32 Å². The maximum atomic E-state index is 12.3. The first-order valence-corrected chi connectivity index (χ1v) is 2.81. The molecule has 58 valence electrons. The summed E-state index contributed by atoms with van der Waals surface area (Å²) >= 11 is 0. The second-order valence-electron chi connectivity index (χ2n) is 2.25. The Hall–Kier alpha value is -0.870. The summed E-state index contributed by atoms with van der Waals surface area (Å²) in [6.45, 7) is 0.495. The van der Waals surface area contributed by atoms with Crippen LogP contribution in [0.5, 0.6) is 0 Å². The van der Waals surface area contributed by atoms with E-state index >= 15 is 0 Å². The maximum Gasteiger partial charge on any atom is 0.407 e. The predicted molar refractivity (Wildman–Crippen MR) is 28.9 cm³/mol. The lowest BCUT2D eigenvalue weighted by Gasteiger charge is -2.14. The fourth-order valence-corrected chi connectivity index (χ4v) is 0.658. The van der Waals surface area contributed by atoms with Gasteiger partial charge in [-0.25, -0.2) is 13.6 Å². The van der Waals surface area contributed by atoms with Crippen molar-refractivity contribution in [2.45, 2.75) is 18.9 Å². The van der Waals surface area contributed by atoms with E-state index in [1.807, 2.05) is 5.32 Å². The molecule has 3 nitrogen and oxygen atoms in total. The Kier molecular flexibility index (Phi) is 1.50. The van der Waals surface area contributed by atoms with Crippen molar-refractivity contribution in [1.82, 2.24) is 5.32 Å². The summed E-state index contributed by atoms with van der Waals surface area (Å²) in [6.07, 6.45) is -0.772. The molecule has 0 spiro atoms. The molecule has 0 aromatic heterocycles. The minimum absolute atomic E-state index is 0.248. The highest BCUT2D eigenvalue weighted by Gasteiger charge is 2.40. The van der Waals surface area contributed by atoms with Crippen molar-refractivity contribution in [3.8, 4) is 0 Å². The summed E-state index contributed by atoms with van der Waals surface area (Å²) in [5.41, 5.74) is 0. The molecule has 5 heteroatoms. The first kappa shape index (κ1) is 7.24. The van der Waals surface area contributed by atoms with Gasteiger partial charge in [-0.2, -0.15) is 0 Å². The average molecular weight is 151 g/mol. The molecule has 0 aliphatic carbocycles. The number of halogens is 2. The predicted octanol–water partition coefficient (Wildman–Crippen LogP) is 0.750. The molecule has 10 heavy (non-hydrogen) atoms. The Bertz CT molecular complexity index is 154. The molecule has 1 N–H and O–H groups in total. The Morgan fingerprint density at radius 3 is 2.60 bits per heavy atom. The van der Waals surface area contributed by atoms with Crippen molar-refractivity contribution in [3.63, 3.8) is 0 Å². The quantitative estimate of drug-likeness (QED) is 0.600. The van der Waals surface area contributed by atoms with Crippen molar-refractivity contribution < 1.29 is 18.3 Å². The van der Waals surface area contributed by atoms with E-state index in [0.29, 0.717) is 0 Å². The van der Waals surface area contributed by atoms with Gasteiger partial charge in [-0.15, -0.1) is 0 Å². The SMILES string of the molecule is CC(F)(F)C1COC(=O)N1. The van der Waals surface area contributed by atoms with E-state index in [1.165, 1.54) is 0 Å². The smallest absolute Gasteiger partial charge is 0.407 e. The highest BCUT2D eigenvalue weighted by Crippen LogP contribution is 2.20. The number of hydrogen-bond acceptors (Lipinski definition) is 2. The zero-order valence-electron chi connectivity index (χ0n) is 5.36. The number of ether oxygens (including phenoxy) is 1. The van der Waals surface area contributed by atoms with Gasteiger partial charge in [0.1, 0.15) is 12.6 Å². The zero-order valence-corrected chi connectivity index (χ0v) is 5.36. The zero-order chi connectivity index (χ0) is 7.78. The lowest BCUT2D eigenvalue weighted by molar-refractivity contribution is -0.0144. The molecular weight excluding hydrogens is 144 g/mol. The van der Waals surface area contributed by atoms with Gasteiger partial charge in [0.25, 0.3) is 5.92 Å². The molecule has 0 aromatic carbocycles. The van der Waals surface area contributed by atoms with Crippen LogP contribution in [0.4, 0.5) is 13.6 Å². The van der Waals surface area contributed by atoms with Crippen LogP contribution in [0.2, 0.25) is 0 Å². The van der Waals surface area contributed by atoms with Gasteiger partial charge in [-0.1, -0.05) is 0 Å². The summed E-state index contributed by atoms with van der Waals surface area (Å²) in [7, 11) is 0. The van der Waals surface area contributed by atoms with E-state index in [-0.39, 0.29) is 6.61 Å². The first-order valence-electron chi connectivity index (χ1n) is 2.81. The van der Waals surface area contributed by atoms with Gasteiger partial charge in [0.05, 0.1) is 0 Å². The number of nitrogens with one attached hydrogen (secondary N) is 1. The van der Waals surface area contributed by atoms with Crippen molar-refractivity contribution in [2.75, 3.05) is 6.61 Å². The van der Waals surface area contributed by atoms with Crippen molar-refractivity contribution in [3.05, 3.63) is 0 Å². The second-order valence-corrected chi connectivity index (χ2v) is 2.25. The van der Waals surface area contributed by atoms with Crippen molar-refractivity contribution in [1.29, 1.82) is 0 Å². The number of carbonyl (C=O) groups is 1. The Morgan fingerprint density at radius 1 is 1.80 bits per heavy atom. The molecule has 0 aromatic rings. The summed E-state index contributed by atoms with van der Waals surface area (Å²) in [5, 5.41) is 1.98. The van der Waals surface area contributed by atoms with E-state index in [2.05, 4.69) is 4.74 Å². The number of alkyl halides is 2. The minimum atomic E-state index is -2.90. The van der Waals surface area contributed by atoms with Gasteiger partial charge in [-0.3, -0.25) is 0 Å². The molecule has 1 amide bonds. The van der Waals surface area contributed by atoms with Gasteiger partial charge in [0.15, 0.2) is 0 Å². The van der Waals surface area contributed by atoms with Gasteiger partial charge in [0, 0.05) is 6.92 Å². The summed E-state index contributed by atoms with van der Waals surface area (Å²) in [5.74, 6) is -2.90. The molecule has 1 saturated heterocycles. The Balaban J connectivity index is 2.53. The van der Waals surface area contributed by atoms with Crippen LogP contribution in [-0.4, -0.2) is 24.7 Å². The number of carbonyl (C=O) groups excluding carboxylic acids is 1. The molecule has 1 unspecified atom stereocenters. The third-order valence-corrected chi connectivity index (χ3v) is 1.29. The highest BCUT2D eigenvalue weighted by molar-refractivity contribution is 5.69. The topological polar surface area (TPSA) is 38.3 Å². The highest BCUT2D eigenvalue weighted by atomic mass is 19.3. The molecular formula is C5H7F2NO2. The van der Waals surface area contributed by atoms with Crippen molar-refractivity contribution >= 4 is 6.09 Å². The van der Waals surface area contributed by atoms with Crippen LogP contribution in [0, 0.1) is 0 Å². The molecule has 0 saturated carbocycles. The Morgan fingerprint density at radius 2 is 2.40 bits per heavy atom. The fraction of sp³-hybridized carbons (Fsp3) is 0.800. The van der Waals surface area contributed by atoms with E-state index in [0.717, 1.165) is 6.92 Å². The maximum absolute atomic E-state index is 12.3. The van der Waals surface area contributed by atoms with Gasteiger partial charge < -0.3 is 10.1 Å². The van der Waals surface area contributed by atoms with E-state index in [9.17, 15) is 13.6 Å². The van der Waals surface area contributed by atoms with Crippen LogP contribution >= 0.6 is 0 Å². The number of cyclic esters (lactones) is 1. The van der Waals surface area contributed by atoms with Gasteiger partial charge >= 0.3 is 6.09 Å². The van der Waals surface area contributed by atoms with Crippen molar-refractivity contribution in [2.24, 2.45) is 0 Å². The summed E-state index contributed by atoms with van der Waals surface area (Å²) in [4.78, 5) is 10.2. The number of alkyl carbamates (subject to hydrolysis) is 1. The fourth-order valence-electron chi connectivity index (χ4n) is 0.658. The van der Waals surface area contributed by atoms with Gasteiger partial charge in [0.2, 0.25) is 0 Å². The molecule has 1 heterocycles. The molecule has 1 aliphatic rings. The largest absolute Gasteiger partial charge is 0.447 e. The van der Waals surface area contributed by atoms with Crippen LogP contribution in [-0.2, 0) is 4.74 Å². The summed E-state index contributed by atoms with van der Waals surface area (Å²) < 4.78 is 28.9. The summed E-state index contributed by atoms with van der Waals surface area (Å²) in [6, 6.07) is -1.17. The monoisotopic (exact) mass is 151 g/mol. The lowest BCUT2D eigenvalue weighted by atomic mass is 10.2. The van der Waals surface area contributed by atoms with Gasteiger partial charge in [-0.05, 0) is 0 Å². The third kappa shape index (κ3) is 1.34. The second kappa shape index (κ2) is 2.07. The third-order valence-electron chi connectivity index (χ3n) is 1.29. The number of rotatable bonds is 1. The standard InChI is InChI=1S/C5H7F2NO2/c1-5(6,7)3-2-10-4(9)8-3/h3H,2H2,1H3,(H,8,9). The average Bonchev–Trinajstić information content (AvgIpc) is 2.11. The van der Waals surface area contributed by atoms with Crippen LogP contribution in [0.15, 0.2) is 0 Å². The number of hydrogen-bond donors (Lipinski definition) is 1. The molecule has 0 radical (unpaired) electrons. The van der Waals surface area contributed by atoms with Crippen LogP contribution in [0.1, 0.15) is 6.92 Å². The molecule has 1 atom stereocenters. The molecule has 1 aliphatic heterocycles. The van der Waals surface area contributed by atoms with Crippen LogP contribution in [0.25, 0.3) is 0 Å². The minimum Gasteiger partial charge on any atom is -0.447 e. The molecule has 1 rings (SSSR count). The normalized spacial score (nSPS) is 25.9. The van der Waals surface area contributed by atoms with E-state index in [4.69, 9.17) is 0 Å². The molecule has 0 bridgehead atoms. The van der Waals surface area contributed by atoms with Crippen LogP contribution in [0.3, 0.4) is 0 Å². The number of amides is 1. The molecule has 1 fully saturated rings.